The molecular formula is C17H25FN2. The van der Waals surface area contributed by atoms with Crippen molar-refractivity contribution >= 4 is 5.69 Å². The molecule has 2 unspecified atom stereocenters. The third-order valence-electron chi connectivity index (χ3n) is 5.05. The van der Waals surface area contributed by atoms with Crippen molar-refractivity contribution in [1.29, 1.82) is 0 Å². The first-order valence-electron chi connectivity index (χ1n) is 7.98. The molecule has 0 radical (unpaired) electrons. The lowest BCUT2D eigenvalue weighted by molar-refractivity contribution is 0.242. The summed E-state index contributed by atoms with van der Waals surface area (Å²) < 4.78 is 14.5. The molecule has 2 fully saturated rings. The average Bonchev–Trinajstić information content (AvgIpc) is 2.46. The number of piperidine rings is 1. The van der Waals surface area contributed by atoms with E-state index in [2.05, 4.69) is 4.90 Å². The van der Waals surface area contributed by atoms with Gasteiger partial charge in [-0.3, -0.25) is 0 Å². The zero-order valence-electron chi connectivity index (χ0n) is 12.3. The minimum Gasteiger partial charge on any atom is -0.366 e. The van der Waals surface area contributed by atoms with Crippen molar-refractivity contribution in [3.8, 4) is 0 Å². The second-order valence-corrected chi connectivity index (χ2v) is 6.45. The van der Waals surface area contributed by atoms with Gasteiger partial charge in [0.1, 0.15) is 5.82 Å². The summed E-state index contributed by atoms with van der Waals surface area (Å²) in [5.41, 5.74) is 7.50. The number of hydrogen-bond donors (Lipinski definition) is 1. The molecule has 0 spiro atoms. The molecule has 1 aliphatic carbocycles. The second-order valence-electron chi connectivity index (χ2n) is 6.45. The molecule has 1 saturated carbocycles. The van der Waals surface area contributed by atoms with Crippen molar-refractivity contribution in [2.75, 3.05) is 11.4 Å². The highest BCUT2D eigenvalue weighted by molar-refractivity contribution is 5.51. The summed E-state index contributed by atoms with van der Waals surface area (Å²) in [7, 11) is 0. The molecule has 2 N–H and O–H groups in total. The summed E-state index contributed by atoms with van der Waals surface area (Å²) in [6, 6.07) is 5.97. The van der Waals surface area contributed by atoms with Crippen LogP contribution in [0.4, 0.5) is 10.1 Å². The average molecular weight is 276 g/mol. The van der Waals surface area contributed by atoms with E-state index >= 15 is 0 Å². The van der Waals surface area contributed by atoms with Crippen molar-refractivity contribution < 1.29 is 4.39 Å². The van der Waals surface area contributed by atoms with E-state index < -0.39 is 0 Å². The largest absolute Gasteiger partial charge is 0.366 e. The van der Waals surface area contributed by atoms with E-state index in [1.54, 1.807) is 6.07 Å². The summed E-state index contributed by atoms with van der Waals surface area (Å²) in [6.45, 7) is 2.89. The van der Waals surface area contributed by atoms with Gasteiger partial charge in [-0.15, -0.1) is 0 Å². The van der Waals surface area contributed by atoms with Gasteiger partial charge in [-0.2, -0.15) is 0 Å². The highest BCUT2D eigenvalue weighted by Gasteiger charge is 2.34. The molecule has 1 saturated heterocycles. The maximum atomic E-state index is 14.5. The Kier molecular flexibility index (Phi) is 3.97. The molecule has 0 amide bonds. The molecule has 110 valence electrons. The van der Waals surface area contributed by atoms with Gasteiger partial charge in [0.05, 0.1) is 5.69 Å². The van der Waals surface area contributed by atoms with Crippen LogP contribution in [0.1, 0.15) is 57.1 Å². The number of hydrogen-bond acceptors (Lipinski definition) is 2. The van der Waals surface area contributed by atoms with Crippen molar-refractivity contribution in [3.63, 3.8) is 0 Å². The van der Waals surface area contributed by atoms with Crippen molar-refractivity contribution in [3.05, 3.63) is 29.6 Å². The molecule has 2 aliphatic rings. The standard InChI is InChI=1S/C17H25FN2/c1-12(19)14-8-9-17(15(18)11-14)20-10-4-6-13-5-2-3-7-16(13)20/h8-9,11-13,16H,2-7,10,19H2,1H3/t12-,13?,16?/m1/s1. The van der Waals surface area contributed by atoms with Crippen LogP contribution in [0.5, 0.6) is 0 Å². The number of fused-ring (bicyclic) bond motifs is 1. The molecule has 20 heavy (non-hydrogen) atoms. The monoisotopic (exact) mass is 276 g/mol. The van der Waals surface area contributed by atoms with Gasteiger partial charge in [0, 0.05) is 18.6 Å². The van der Waals surface area contributed by atoms with Crippen molar-refractivity contribution in [2.45, 2.75) is 57.5 Å². The van der Waals surface area contributed by atoms with E-state index in [0.29, 0.717) is 6.04 Å². The van der Waals surface area contributed by atoms with Crippen LogP contribution < -0.4 is 10.6 Å². The number of rotatable bonds is 2. The zero-order valence-corrected chi connectivity index (χ0v) is 12.3. The van der Waals surface area contributed by atoms with Crippen LogP contribution in [0.2, 0.25) is 0 Å². The third kappa shape index (κ3) is 2.56. The second kappa shape index (κ2) is 5.72. The lowest BCUT2D eigenvalue weighted by Gasteiger charge is -2.45. The van der Waals surface area contributed by atoms with Crippen molar-refractivity contribution in [1.82, 2.24) is 0 Å². The summed E-state index contributed by atoms with van der Waals surface area (Å²) in [5.74, 6) is 0.663. The van der Waals surface area contributed by atoms with Gasteiger partial charge >= 0.3 is 0 Å². The Bertz CT molecular complexity index is 470. The minimum absolute atomic E-state index is 0.106. The maximum absolute atomic E-state index is 14.5. The van der Waals surface area contributed by atoms with Crippen LogP contribution in [0.3, 0.4) is 0 Å². The van der Waals surface area contributed by atoms with Gasteiger partial charge in [-0.25, -0.2) is 4.39 Å². The Labute approximate surface area is 121 Å². The zero-order chi connectivity index (χ0) is 14.1. The van der Waals surface area contributed by atoms with Crippen LogP contribution in [0, 0.1) is 11.7 Å². The van der Waals surface area contributed by atoms with Crippen LogP contribution in [-0.4, -0.2) is 12.6 Å². The number of nitrogens with zero attached hydrogens (tertiary/aromatic N) is 1. The Hall–Kier alpha value is -1.09. The van der Waals surface area contributed by atoms with Crippen LogP contribution in [-0.2, 0) is 0 Å². The van der Waals surface area contributed by atoms with E-state index in [1.165, 1.54) is 38.5 Å². The number of nitrogens with two attached hydrogens (primary N) is 1. The molecule has 3 rings (SSSR count). The first-order valence-corrected chi connectivity index (χ1v) is 7.98. The lowest BCUT2D eigenvalue weighted by Crippen LogP contribution is -2.47. The Morgan fingerprint density at radius 1 is 1.20 bits per heavy atom. The van der Waals surface area contributed by atoms with Crippen molar-refractivity contribution in [2.24, 2.45) is 11.7 Å². The first kappa shape index (κ1) is 13.9. The number of halogens is 1. The fourth-order valence-corrected chi connectivity index (χ4v) is 3.96. The molecular weight excluding hydrogens is 251 g/mol. The number of benzene rings is 1. The lowest BCUT2D eigenvalue weighted by atomic mass is 9.78. The molecule has 2 nitrogen and oxygen atoms in total. The normalized spacial score (nSPS) is 28.1. The van der Waals surface area contributed by atoms with Crippen LogP contribution in [0.25, 0.3) is 0 Å². The molecule has 3 heteroatoms. The van der Waals surface area contributed by atoms with E-state index in [4.69, 9.17) is 5.73 Å². The van der Waals surface area contributed by atoms with Gasteiger partial charge in [0.2, 0.25) is 0 Å². The number of anilines is 1. The molecule has 1 aliphatic heterocycles. The Morgan fingerprint density at radius 2 is 1.95 bits per heavy atom. The Balaban J connectivity index is 1.87. The molecule has 3 atom stereocenters. The highest BCUT2D eigenvalue weighted by Crippen LogP contribution is 2.38. The fraction of sp³-hybridized carbons (Fsp3) is 0.647. The smallest absolute Gasteiger partial charge is 0.146 e. The first-order chi connectivity index (χ1) is 9.66. The summed E-state index contributed by atoms with van der Waals surface area (Å²) >= 11 is 0. The Morgan fingerprint density at radius 3 is 2.70 bits per heavy atom. The molecule has 0 bridgehead atoms. The molecule has 0 aromatic heterocycles. The predicted octanol–water partition coefficient (Wildman–Crippen LogP) is 4.00. The van der Waals surface area contributed by atoms with E-state index in [9.17, 15) is 4.39 Å². The maximum Gasteiger partial charge on any atom is 0.146 e. The molecule has 1 aromatic rings. The topological polar surface area (TPSA) is 29.3 Å². The molecule has 1 aromatic carbocycles. The van der Waals surface area contributed by atoms with E-state index in [1.807, 2.05) is 19.1 Å². The third-order valence-corrected chi connectivity index (χ3v) is 5.05. The van der Waals surface area contributed by atoms with Crippen LogP contribution >= 0.6 is 0 Å². The minimum atomic E-state index is -0.109. The fourth-order valence-electron chi connectivity index (χ4n) is 3.96. The SMILES string of the molecule is C[C@@H](N)c1ccc(N2CCCC3CCCCC32)c(F)c1. The van der Waals surface area contributed by atoms with E-state index in [0.717, 1.165) is 23.7 Å². The summed E-state index contributed by atoms with van der Waals surface area (Å²) in [4.78, 5) is 2.33. The van der Waals surface area contributed by atoms with Gasteiger partial charge < -0.3 is 10.6 Å². The summed E-state index contributed by atoms with van der Waals surface area (Å²) in [6.07, 6.45) is 7.69. The van der Waals surface area contributed by atoms with E-state index in [-0.39, 0.29) is 11.9 Å². The summed E-state index contributed by atoms with van der Waals surface area (Å²) in [5, 5.41) is 0. The van der Waals surface area contributed by atoms with Gasteiger partial charge in [-0.05, 0) is 56.2 Å². The molecule has 1 heterocycles. The highest BCUT2D eigenvalue weighted by atomic mass is 19.1. The quantitative estimate of drug-likeness (QED) is 0.884. The predicted molar refractivity (Wildman–Crippen MR) is 81.3 cm³/mol. The van der Waals surface area contributed by atoms with Crippen LogP contribution in [0.15, 0.2) is 18.2 Å². The van der Waals surface area contributed by atoms with Gasteiger partial charge in [-0.1, -0.05) is 18.9 Å². The van der Waals surface area contributed by atoms with Gasteiger partial charge in [0.15, 0.2) is 0 Å². The van der Waals surface area contributed by atoms with Gasteiger partial charge in [0.25, 0.3) is 0 Å².